The summed E-state index contributed by atoms with van der Waals surface area (Å²) in [4.78, 5) is 4.41. The second-order valence-corrected chi connectivity index (χ2v) is 7.18. The molecule has 0 spiro atoms. The molecule has 0 aliphatic carbocycles. The van der Waals surface area contributed by atoms with E-state index in [2.05, 4.69) is 51.6 Å². The first kappa shape index (κ1) is 16.0. The molecule has 0 saturated heterocycles. The molecule has 25 heavy (non-hydrogen) atoms. The first-order valence-electron chi connectivity index (χ1n) is 7.54. The number of thioether (sulfide) groups is 1. The quantitative estimate of drug-likeness (QED) is 0.496. The summed E-state index contributed by atoms with van der Waals surface area (Å²) in [6.07, 6.45) is 0. The van der Waals surface area contributed by atoms with Crippen molar-refractivity contribution < 1.29 is 4.52 Å². The molecule has 7 nitrogen and oxygen atoms in total. The van der Waals surface area contributed by atoms with E-state index in [0.717, 1.165) is 11.3 Å². The van der Waals surface area contributed by atoms with Crippen LogP contribution in [0.3, 0.4) is 0 Å². The molecule has 0 atom stereocenters. The number of rotatable bonds is 5. The van der Waals surface area contributed by atoms with Crippen LogP contribution >= 0.6 is 23.1 Å². The molecule has 0 fully saturated rings. The maximum atomic E-state index is 5.30. The fourth-order valence-electron chi connectivity index (χ4n) is 2.23. The van der Waals surface area contributed by atoms with Crippen molar-refractivity contribution in [2.24, 2.45) is 0 Å². The summed E-state index contributed by atoms with van der Waals surface area (Å²) in [7, 11) is 0. The molecular formula is C16H14N6OS2. The Morgan fingerprint density at radius 2 is 2.12 bits per heavy atom. The summed E-state index contributed by atoms with van der Waals surface area (Å²) < 4.78 is 7.02. The molecule has 0 unspecified atom stereocenters. The van der Waals surface area contributed by atoms with Gasteiger partial charge in [-0.25, -0.2) is 0 Å². The minimum Gasteiger partial charge on any atom is -0.334 e. The normalized spacial score (nSPS) is 11.1. The van der Waals surface area contributed by atoms with Crippen LogP contribution in [0.2, 0.25) is 0 Å². The topological polar surface area (TPSA) is 82.5 Å². The predicted molar refractivity (Wildman–Crippen MR) is 95.8 cm³/mol. The van der Waals surface area contributed by atoms with Gasteiger partial charge in [0.2, 0.25) is 5.16 Å². The first-order valence-corrected chi connectivity index (χ1v) is 9.47. The molecule has 0 saturated carbocycles. The molecule has 4 aromatic rings. The highest BCUT2D eigenvalue weighted by molar-refractivity contribution is 7.98. The van der Waals surface area contributed by atoms with Gasteiger partial charge in [0.1, 0.15) is 0 Å². The van der Waals surface area contributed by atoms with Gasteiger partial charge >= 0.3 is 0 Å². The van der Waals surface area contributed by atoms with Crippen LogP contribution in [0, 0.1) is 13.8 Å². The molecule has 0 bridgehead atoms. The highest BCUT2D eigenvalue weighted by atomic mass is 32.2. The lowest BCUT2D eigenvalue weighted by molar-refractivity contribution is 0.425. The van der Waals surface area contributed by atoms with Gasteiger partial charge in [0.15, 0.2) is 5.82 Å². The molecular weight excluding hydrogens is 356 g/mol. The van der Waals surface area contributed by atoms with Gasteiger partial charge in [-0.1, -0.05) is 23.0 Å². The number of nitrogens with zero attached hydrogens (tertiary/aromatic N) is 6. The Hall–Kier alpha value is -2.52. The van der Waals surface area contributed by atoms with Gasteiger partial charge in [0.05, 0.1) is 17.0 Å². The van der Waals surface area contributed by atoms with Crippen LogP contribution in [0.5, 0.6) is 0 Å². The van der Waals surface area contributed by atoms with Crippen molar-refractivity contribution >= 4 is 23.1 Å². The Morgan fingerprint density at radius 1 is 1.20 bits per heavy atom. The molecule has 0 aliphatic rings. The third-order valence-corrected chi connectivity index (χ3v) is 5.34. The smallest absolute Gasteiger partial charge is 0.258 e. The third-order valence-electron chi connectivity index (χ3n) is 3.74. The molecule has 4 rings (SSSR count). The lowest BCUT2D eigenvalue weighted by Crippen LogP contribution is -2.00. The van der Waals surface area contributed by atoms with Crippen molar-refractivity contribution in [3.05, 3.63) is 52.0 Å². The monoisotopic (exact) mass is 370 g/mol. The van der Waals surface area contributed by atoms with E-state index in [4.69, 9.17) is 4.52 Å². The van der Waals surface area contributed by atoms with Gasteiger partial charge in [-0.05, 0) is 59.0 Å². The average Bonchev–Trinajstić information content (AvgIpc) is 3.36. The summed E-state index contributed by atoms with van der Waals surface area (Å²) in [5.41, 5.74) is 4.30. The number of hydrogen-bond acceptors (Lipinski definition) is 8. The molecule has 3 aromatic heterocycles. The molecule has 0 aliphatic heterocycles. The largest absolute Gasteiger partial charge is 0.334 e. The highest BCUT2D eigenvalue weighted by Gasteiger charge is 2.13. The minimum absolute atomic E-state index is 0.527. The van der Waals surface area contributed by atoms with Crippen molar-refractivity contribution in [2.45, 2.75) is 24.8 Å². The van der Waals surface area contributed by atoms with Gasteiger partial charge in [0.25, 0.3) is 5.89 Å². The van der Waals surface area contributed by atoms with Gasteiger partial charge in [-0.3, -0.25) is 0 Å². The van der Waals surface area contributed by atoms with Crippen molar-refractivity contribution in [1.29, 1.82) is 0 Å². The summed E-state index contributed by atoms with van der Waals surface area (Å²) in [5.74, 6) is 1.67. The summed E-state index contributed by atoms with van der Waals surface area (Å²) in [6, 6.07) is 8.09. The number of tetrazole rings is 1. The molecule has 9 heteroatoms. The summed E-state index contributed by atoms with van der Waals surface area (Å²) in [5, 5.41) is 20.6. The van der Waals surface area contributed by atoms with Gasteiger partial charge in [0, 0.05) is 5.38 Å². The third kappa shape index (κ3) is 3.33. The lowest BCUT2D eigenvalue weighted by atomic mass is 10.1. The van der Waals surface area contributed by atoms with Crippen molar-refractivity contribution in [3.63, 3.8) is 0 Å². The van der Waals surface area contributed by atoms with Gasteiger partial charge in [-0.2, -0.15) is 21.0 Å². The van der Waals surface area contributed by atoms with Crippen LogP contribution in [-0.2, 0) is 5.75 Å². The highest BCUT2D eigenvalue weighted by Crippen LogP contribution is 2.25. The van der Waals surface area contributed by atoms with Crippen molar-refractivity contribution in [1.82, 2.24) is 30.3 Å². The van der Waals surface area contributed by atoms with E-state index in [-0.39, 0.29) is 0 Å². The van der Waals surface area contributed by atoms with E-state index >= 15 is 0 Å². The van der Waals surface area contributed by atoms with E-state index in [1.807, 2.05) is 22.9 Å². The molecule has 126 valence electrons. The Balaban J connectivity index is 1.51. The Labute approximate surface area is 152 Å². The minimum atomic E-state index is 0.527. The predicted octanol–water partition coefficient (Wildman–Crippen LogP) is 3.68. The van der Waals surface area contributed by atoms with E-state index in [1.165, 1.54) is 22.9 Å². The van der Waals surface area contributed by atoms with E-state index < -0.39 is 0 Å². The van der Waals surface area contributed by atoms with Crippen LogP contribution in [-0.4, -0.2) is 30.3 Å². The van der Waals surface area contributed by atoms with Crippen LogP contribution in [0.1, 0.15) is 17.0 Å². The van der Waals surface area contributed by atoms with Crippen molar-refractivity contribution in [2.75, 3.05) is 0 Å². The van der Waals surface area contributed by atoms with Crippen LogP contribution < -0.4 is 0 Å². The van der Waals surface area contributed by atoms with Crippen LogP contribution in [0.25, 0.3) is 17.1 Å². The van der Waals surface area contributed by atoms with Crippen LogP contribution in [0.15, 0.2) is 44.7 Å². The Kier molecular flexibility index (Phi) is 4.33. The molecule has 1 aromatic carbocycles. The second kappa shape index (κ2) is 6.77. The van der Waals surface area contributed by atoms with Crippen LogP contribution in [0.4, 0.5) is 0 Å². The zero-order valence-corrected chi connectivity index (χ0v) is 15.2. The lowest BCUT2D eigenvalue weighted by Gasteiger charge is -2.06. The van der Waals surface area contributed by atoms with Crippen molar-refractivity contribution in [3.8, 4) is 17.1 Å². The Bertz CT molecular complexity index is 992. The molecule has 3 heterocycles. The number of hydrogen-bond donors (Lipinski definition) is 0. The Morgan fingerprint density at radius 3 is 2.92 bits per heavy atom. The zero-order valence-electron chi connectivity index (χ0n) is 13.6. The van der Waals surface area contributed by atoms with Gasteiger partial charge < -0.3 is 4.52 Å². The second-order valence-electron chi connectivity index (χ2n) is 5.46. The first-order chi connectivity index (χ1) is 12.2. The molecule has 0 N–H and O–H groups in total. The molecule has 0 radical (unpaired) electrons. The maximum Gasteiger partial charge on any atom is 0.258 e. The summed E-state index contributed by atoms with van der Waals surface area (Å²) in [6.45, 7) is 4.15. The molecule has 0 amide bonds. The number of aromatic nitrogens is 6. The fraction of sp³-hybridized carbons (Fsp3) is 0.188. The maximum absolute atomic E-state index is 5.30. The standard InChI is InChI=1S/C16H14N6OS2/c1-10-3-4-13(7-11(10)2)22-16(18-20-21-22)25-9-14-17-15(23-19-14)12-5-6-24-8-12/h3-8H,9H2,1-2H3. The van der Waals surface area contributed by atoms with E-state index in [0.29, 0.717) is 22.6 Å². The number of aryl methyl sites for hydroxylation is 2. The number of benzene rings is 1. The summed E-state index contributed by atoms with van der Waals surface area (Å²) >= 11 is 3.06. The van der Waals surface area contributed by atoms with Gasteiger partial charge in [-0.15, -0.1) is 5.10 Å². The average molecular weight is 370 g/mol. The zero-order chi connectivity index (χ0) is 17.2. The SMILES string of the molecule is Cc1ccc(-n2nnnc2SCc2noc(-c3ccsc3)n2)cc1C. The number of thiophene rings is 1. The van der Waals surface area contributed by atoms with E-state index in [9.17, 15) is 0 Å². The van der Waals surface area contributed by atoms with E-state index in [1.54, 1.807) is 16.0 Å². The fourth-order valence-corrected chi connectivity index (χ4v) is 3.60.